The van der Waals surface area contributed by atoms with E-state index in [4.69, 9.17) is 4.74 Å². The predicted octanol–water partition coefficient (Wildman–Crippen LogP) is 1.81. The molecule has 0 aromatic heterocycles. The summed E-state index contributed by atoms with van der Waals surface area (Å²) in [5.41, 5.74) is 3.67. The zero-order valence-corrected chi connectivity index (χ0v) is 19.9. The second kappa shape index (κ2) is 12.6. The highest BCUT2D eigenvalue weighted by Gasteiger charge is 2.26. The van der Waals surface area contributed by atoms with Crippen LogP contribution in [-0.4, -0.2) is 60.5 Å². The van der Waals surface area contributed by atoms with Crippen molar-refractivity contribution in [3.8, 4) is 11.8 Å². The van der Waals surface area contributed by atoms with Gasteiger partial charge in [-0.15, -0.1) is 0 Å². The van der Waals surface area contributed by atoms with Crippen LogP contribution in [0.1, 0.15) is 28.7 Å². The minimum Gasteiger partial charge on any atom is -0.493 e. The Hall–Kier alpha value is -3.61. The summed E-state index contributed by atoms with van der Waals surface area (Å²) in [4.78, 5) is 25.7. The summed E-state index contributed by atoms with van der Waals surface area (Å²) < 4.78 is 5.64. The van der Waals surface area contributed by atoms with Gasteiger partial charge in [-0.1, -0.05) is 35.9 Å². The van der Waals surface area contributed by atoms with Crippen LogP contribution in [0.25, 0.3) is 6.08 Å². The molecule has 2 aromatic rings. The van der Waals surface area contributed by atoms with E-state index in [1.54, 1.807) is 38.4 Å². The molecule has 0 bridgehead atoms. The lowest BCUT2D eigenvalue weighted by Crippen LogP contribution is -2.48. The molecule has 1 atom stereocenters. The number of rotatable bonds is 10. The Bertz CT molecular complexity index is 1090. The number of nitrogens with one attached hydrogen (secondary N) is 1. The molecule has 3 N–H and O–H groups in total. The first-order valence-corrected chi connectivity index (χ1v) is 10.9. The van der Waals surface area contributed by atoms with Crippen molar-refractivity contribution in [2.45, 2.75) is 32.6 Å². The van der Waals surface area contributed by atoms with Gasteiger partial charge in [0.25, 0.3) is 5.91 Å². The molecule has 0 aliphatic heterocycles. The maximum Gasteiger partial charge on any atom is 0.475 e. The fourth-order valence-corrected chi connectivity index (χ4v) is 3.33. The molecule has 0 saturated heterocycles. The number of benzene rings is 2. The van der Waals surface area contributed by atoms with Crippen LogP contribution in [0.5, 0.6) is 5.75 Å². The van der Waals surface area contributed by atoms with E-state index in [0.29, 0.717) is 11.3 Å². The van der Waals surface area contributed by atoms with Crippen molar-refractivity contribution in [1.82, 2.24) is 10.2 Å². The quantitative estimate of drug-likeness (QED) is 0.281. The van der Waals surface area contributed by atoms with Crippen LogP contribution in [0.4, 0.5) is 0 Å². The number of carbonyl (C=O) groups is 2. The summed E-state index contributed by atoms with van der Waals surface area (Å²) in [6.07, 6.45) is 1.78. The van der Waals surface area contributed by atoms with Crippen molar-refractivity contribution in [3.05, 3.63) is 70.3 Å². The molecule has 8 nitrogen and oxygen atoms in total. The van der Waals surface area contributed by atoms with Gasteiger partial charge in [0.15, 0.2) is 0 Å². The molecule has 0 saturated carbocycles. The summed E-state index contributed by atoms with van der Waals surface area (Å²) in [5.74, 6) is -1.14. The molecule has 2 rings (SSSR count). The first kappa shape index (κ1) is 26.6. The number of hydrogen-bond donors (Lipinski definition) is 3. The molecule has 0 radical (unpaired) electrons. The number of amides is 2. The van der Waals surface area contributed by atoms with Crippen molar-refractivity contribution >= 4 is 25.0 Å². The number of likely N-dealkylation sites (N-methyl/N-ethyl adjacent to an activating group) is 1. The highest BCUT2D eigenvalue weighted by Crippen LogP contribution is 2.17. The van der Waals surface area contributed by atoms with E-state index in [-0.39, 0.29) is 30.9 Å². The lowest BCUT2D eigenvalue weighted by molar-refractivity contribution is -0.124. The van der Waals surface area contributed by atoms with Gasteiger partial charge < -0.3 is 25.0 Å². The smallest absolute Gasteiger partial charge is 0.475 e. The molecule has 1 unspecified atom stereocenters. The van der Waals surface area contributed by atoms with E-state index in [9.17, 15) is 24.9 Å². The standard InChI is InChI=1S/C25H30BN3O5/c1-17-8-9-20(18(2)12-17)15-23(26(32)33)28-24(30)10-11-34-22-7-5-6-19(14-22)13-21(16-27)25(31)29(3)4/h5-9,12-14,23,32-33H,10-11,15H2,1-4H3,(H,28,30). The summed E-state index contributed by atoms with van der Waals surface area (Å²) >= 11 is 0. The Balaban J connectivity index is 1.94. The Kier molecular flexibility index (Phi) is 9.86. The van der Waals surface area contributed by atoms with Gasteiger partial charge in [-0.2, -0.15) is 5.26 Å². The summed E-state index contributed by atoms with van der Waals surface area (Å²) in [5, 5.41) is 31.3. The van der Waals surface area contributed by atoms with Gasteiger partial charge in [-0.3, -0.25) is 9.59 Å². The minimum absolute atomic E-state index is 0.000978. The van der Waals surface area contributed by atoms with Crippen molar-refractivity contribution in [1.29, 1.82) is 5.26 Å². The molecule has 2 amide bonds. The molecule has 0 heterocycles. The second-order valence-electron chi connectivity index (χ2n) is 8.26. The minimum atomic E-state index is -1.70. The lowest BCUT2D eigenvalue weighted by atomic mass is 9.75. The lowest BCUT2D eigenvalue weighted by Gasteiger charge is -2.19. The van der Waals surface area contributed by atoms with Crippen LogP contribution in [0.3, 0.4) is 0 Å². The van der Waals surface area contributed by atoms with Gasteiger partial charge in [0.05, 0.1) is 19.0 Å². The molecule has 9 heteroatoms. The van der Waals surface area contributed by atoms with Gasteiger partial charge in [-0.05, 0) is 55.2 Å². The van der Waals surface area contributed by atoms with E-state index in [0.717, 1.165) is 16.7 Å². The molecule has 178 valence electrons. The number of carbonyl (C=O) groups excluding carboxylic acids is 2. The first-order chi connectivity index (χ1) is 16.1. The van der Waals surface area contributed by atoms with Crippen LogP contribution in [0, 0.1) is 25.2 Å². The highest BCUT2D eigenvalue weighted by molar-refractivity contribution is 6.43. The molecule has 34 heavy (non-hydrogen) atoms. The summed E-state index contributed by atoms with van der Waals surface area (Å²) in [6, 6.07) is 14.6. The largest absolute Gasteiger partial charge is 0.493 e. The Morgan fingerprint density at radius 2 is 1.94 bits per heavy atom. The van der Waals surface area contributed by atoms with Gasteiger partial charge in [0.1, 0.15) is 17.4 Å². The summed E-state index contributed by atoms with van der Waals surface area (Å²) in [7, 11) is 1.44. The number of ether oxygens (including phenoxy) is 1. The highest BCUT2D eigenvalue weighted by atomic mass is 16.5. The molecular formula is C25H30BN3O5. The molecule has 2 aromatic carbocycles. The van der Waals surface area contributed by atoms with E-state index in [1.807, 2.05) is 38.1 Å². The van der Waals surface area contributed by atoms with E-state index in [2.05, 4.69) is 5.32 Å². The van der Waals surface area contributed by atoms with Crippen molar-refractivity contribution in [2.75, 3.05) is 20.7 Å². The molecule has 0 aliphatic rings. The average molecular weight is 463 g/mol. The Morgan fingerprint density at radius 1 is 1.21 bits per heavy atom. The third-order valence-corrected chi connectivity index (χ3v) is 5.17. The van der Waals surface area contributed by atoms with Crippen LogP contribution in [0.2, 0.25) is 0 Å². The number of nitrogens with zero attached hydrogens (tertiary/aromatic N) is 2. The van der Waals surface area contributed by atoms with Gasteiger partial charge in [-0.25, -0.2) is 0 Å². The SMILES string of the molecule is Cc1ccc(CC(NC(=O)CCOc2cccc(C=C(C#N)C(=O)N(C)C)c2)B(O)O)c(C)c1. The van der Waals surface area contributed by atoms with E-state index >= 15 is 0 Å². The zero-order valence-electron chi connectivity index (χ0n) is 19.9. The molecular weight excluding hydrogens is 433 g/mol. The molecule has 0 fully saturated rings. The van der Waals surface area contributed by atoms with Crippen molar-refractivity contribution in [2.24, 2.45) is 0 Å². The van der Waals surface area contributed by atoms with Crippen molar-refractivity contribution in [3.63, 3.8) is 0 Å². The van der Waals surface area contributed by atoms with Crippen LogP contribution in [0.15, 0.2) is 48.0 Å². The number of nitriles is 1. The third-order valence-electron chi connectivity index (χ3n) is 5.17. The fraction of sp³-hybridized carbons (Fsp3) is 0.320. The topological polar surface area (TPSA) is 123 Å². The Labute approximate surface area is 200 Å². The van der Waals surface area contributed by atoms with Crippen molar-refractivity contribution < 1.29 is 24.4 Å². The number of aryl methyl sites for hydroxylation is 2. The molecule has 0 spiro atoms. The number of hydrogen-bond acceptors (Lipinski definition) is 6. The van der Waals surface area contributed by atoms with E-state index < -0.39 is 19.0 Å². The zero-order chi connectivity index (χ0) is 25.3. The average Bonchev–Trinajstić information content (AvgIpc) is 2.78. The normalized spacial score (nSPS) is 11.9. The van der Waals surface area contributed by atoms with Crippen LogP contribution < -0.4 is 10.1 Å². The van der Waals surface area contributed by atoms with Gasteiger partial charge in [0, 0.05) is 14.1 Å². The second-order valence-corrected chi connectivity index (χ2v) is 8.26. The maximum atomic E-state index is 12.4. The first-order valence-electron chi connectivity index (χ1n) is 10.9. The maximum absolute atomic E-state index is 12.4. The fourth-order valence-electron chi connectivity index (χ4n) is 3.33. The monoisotopic (exact) mass is 463 g/mol. The van der Waals surface area contributed by atoms with Gasteiger partial charge >= 0.3 is 7.12 Å². The molecule has 0 aliphatic carbocycles. The predicted molar refractivity (Wildman–Crippen MR) is 131 cm³/mol. The van der Waals surface area contributed by atoms with Crippen LogP contribution >= 0.6 is 0 Å². The van der Waals surface area contributed by atoms with E-state index in [1.165, 1.54) is 11.0 Å². The Morgan fingerprint density at radius 3 is 2.56 bits per heavy atom. The third kappa shape index (κ3) is 8.07. The summed E-state index contributed by atoms with van der Waals surface area (Å²) in [6.45, 7) is 3.99. The van der Waals surface area contributed by atoms with Gasteiger partial charge in [0.2, 0.25) is 5.91 Å². The van der Waals surface area contributed by atoms with Crippen LogP contribution in [-0.2, 0) is 16.0 Å².